The van der Waals surface area contributed by atoms with Crippen LogP contribution in [-0.4, -0.2) is 15.4 Å². The molecular formula is C31H20N2O. The summed E-state index contributed by atoms with van der Waals surface area (Å²) in [5, 5.41) is 4.88. The fraction of sp³-hybridized carbons (Fsp3) is 0. The van der Waals surface area contributed by atoms with Crippen LogP contribution in [-0.2, 0) is 0 Å². The molecule has 0 atom stereocenters. The highest BCUT2D eigenvalue weighted by Crippen LogP contribution is 2.41. The predicted molar refractivity (Wildman–Crippen MR) is 141 cm³/mol. The molecular weight excluding hydrogens is 416 g/mol. The van der Waals surface area contributed by atoms with Gasteiger partial charge in [-0.3, -0.25) is 4.79 Å². The van der Waals surface area contributed by atoms with E-state index in [9.17, 15) is 4.79 Å². The Morgan fingerprint density at radius 1 is 0.500 bits per heavy atom. The summed E-state index contributed by atoms with van der Waals surface area (Å²) in [6.45, 7) is 0. The summed E-state index contributed by atoms with van der Waals surface area (Å²) in [7, 11) is 0. The highest BCUT2D eigenvalue weighted by Gasteiger charge is 2.20. The molecule has 0 aliphatic carbocycles. The molecule has 3 nitrogen and oxygen atoms in total. The van der Waals surface area contributed by atoms with Crippen LogP contribution in [0.5, 0.6) is 0 Å². The lowest BCUT2D eigenvalue weighted by Crippen LogP contribution is -1.96. The van der Waals surface area contributed by atoms with Crippen LogP contribution in [0.1, 0.15) is 10.4 Å². The molecule has 0 amide bonds. The van der Waals surface area contributed by atoms with Crippen molar-refractivity contribution in [2.75, 3.05) is 0 Å². The molecule has 5 aromatic carbocycles. The summed E-state index contributed by atoms with van der Waals surface area (Å²) in [5.41, 5.74) is 7.43. The van der Waals surface area contributed by atoms with Gasteiger partial charge in [0.25, 0.3) is 0 Å². The lowest BCUT2D eigenvalue weighted by Gasteiger charge is -2.10. The number of carbonyl (C=O) groups is 1. The molecule has 0 unspecified atom stereocenters. The van der Waals surface area contributed by atoms with Gasteiger partial charge in [-0.05, 0) is 42.5 Å². The van der Waals surface area contributed by atoms with E-state index in [0.29, 0.717) is 5.56 Å². The van der Waals surface area contributed by atoms with Crippen molar-refractivity contribution in [2.45, 2.75) is 0 Å². The van der Waals surface area contributed by atoms with Crippen LogP contribution in [0.2, 0.25) is 0 Å². The maximum absolute atomic E-state index is 11.5. The number of aromatic nitrogens is 2. The maximum Gasteiger partial charge on any atom is 0.150 e. The summed E-state index contributed by atoms with van der Waals surface area (Å²) in [6, 6.07) is 40.0. The van der Waals surface area contributed by atoms with Gasteiger partial charge in [-0.25, -0.2) is 0 Å². The Balaban J connectivity index is 1.74. The Hall–Kier alpha value is -4.63. The second-order valence-electron chi connectivity index (χ2n) is 8.61. The summed E-state index contributed by atoms with van der Waals surface area (Å²) in [5.74, 6) is 0. The van der Waals surface area contributed by atoms with E-state index in [2.05, 4.69) is 106 Å². The van der Waals surface area contributed by atoms with Crippen molar-refractivity contribution in [3.05, 3.63) is 121 Å². The van der Waals surface area contributed by atoms with Crippen molar-refractivity contribution >= 4 is 49.9 Å². The van der Waals surface area contributed by atoms with Crippen molar-refractivity contribution in [3.8, 4) is 11.4 Å². The van der Waals surface area contributed by atoms with Gasteiger partial charge in [0.05, 0.1) is 22.1 Å². The Labute approximate surface area is 196 Å². The lowest BCUT2D eigenvalue weighted by atomic mass is 10.1. The molecule has 7 rings (SSSR count). The first-order valence-electron chi connectivity index (χ1n) is 11.4. The molecule has 7 aromatic rings. The standard InChI is InChI=1S/C31H20N2O/c34-20-21-9-8-12-23(19-21)32-28-16-7-5-14-26(28)30-29(32)18-17-25-24-13-4-6-15-27(24)33(31(25)30)22-10-2-1-3-11-22/h1-20H. The molecule has 160 valence electrons. The molecule has 2 aromatic heterocycles. The third-order valence-electron chi connectivity index (χ3n) is 6.75. The normalized spacial score (nSPS) is 11.6. The molecule has 0 radical (unpaired) electrons. The molecule has 0 aliphatic heterocycles. The van der Waals surface area contributed by atoms with E-state index in [0.717, 1.165) is 28.7 Å². The smallest absolute Gasteiger partial charge is 0.150 e. The van der Waals surface area contributed by atoms with E-state index < -0.39 is 0 Å². The zero-order chi connectivity index (χ0) is 22.6. The van der Waals surface area contributed by atoms with Crippen LogP contribution in [0, 0.1) is 0 Å². The summed E-state index contributed by atoms with van der Waals surface area (Å²) in [4.78, 5) is 11.5. The SMILES string of the molecule is O=Cc1cccc(-n2c3ccccc3c3c2ccc2c4ccccc4n(-c4ccccc4)c23)c1. The molecule has 0 N–H and O–H groups in total. The van der Waals surface area contributed by atoms with Gasteiger partial charge < -0.3 is 9.13 Å². The lowest BCUT2D eigenvalue weighted by molar-refractivity contribution is 0.112. The van der Waals surface area contributed by atoms with E-state index >= 15 is 0 Å². The van der Waals surface area contributed by atoms with E-state index in [1.165, 1.54) is 32.6 Å². The van der Waals surface area contributed by atoms with E-state index in [1.54, 1.807) is 0 Å². The minimum atomic E-state index is 0.669. The number of hydrogen-bond acceptors (Lipinski definition) is 1. The van der Waals surface area contributed by atoms with E-state index in [-0.39, 0.29) is 0 Å². The Bertz CT molecular complexity index is 1870. The molecule has 0 saturated carbocycles. The Morgan fingerprint density at radius 3 is 1.97 bits per heavy atom. The number of hydrogen-bond donors (Lipinski definition) is 0. The summed E-state index contributed by atoms with van der Waals surface area (Å²) < 4.78 is 4.65. The first kappa shape index (κ1) is 18.9. The Morgan fingerprint density at radius 2 is 1.18 bits per heavy atom. The number of benzene rings is 5. The van der Waals surface area contributed by atoms with Gasteiger partial charge in [0, 0.05) is 38.5 Å². The highest BCUT2D eigenvalue weighted by molar-refractivity contribution is 6.26. The second-order valence-corrected chi connectivity index (χ2v) is 8.61. The molecule has 34 heavy (non-hydrogen) atoms. The maximum atomic E-state index is 11.5. The Kier molecular flexibility index (Phi) is 4.00. The molecule has 3 heteroatoms. The van der Waals surface area contributed by atoms with E-state index in [1.807, 2.05) is 18.2 Å². The number of carbonyl (C=O) groups excluding carboxylic acids is 1. The molecule has 0 saturated heterocycles. The minimum absolute atomic E-state index is 0.669. The first-order chi connectivity index (χ1) is 16.8. The van der Waals surface area contributed by atoms with Crippen molar-refractivity contribution in [1.29, 1.82) is 0 Å². The van der Waals surface area contributed by atoms with Crippen LogP contribution in [0.4, 0.5) is 0 Å². The van der Waals surface area contributed by atoms with Gasteiger partial charge in [0.15, 0.2) is 0 Å². The van der Waals surface area contributed by atoms with Crippen molar-refractivity contribution in [1.82, 2.24) is 9.13 Å². The van der Waals surface area contributed by atoms with Crippen molar-refractivity contribution in [3.63, 3.8) is 0 Å². The van der Waals surface area contributed by atoms with Crippen LogP contribution < -0.4 is 0 Å². The zero-order valence-electron chi connectivity index (χ0n) is 18.3. The second kappa shape index (κ2) is 7.19. The number of fused-ring (bicyclic) bond motifs is 7. The van der Waals surface area contributed by atoms with Crippen LogP contribution >= 0.6 is 0 Å². The van der Waals surface area contributed by atoms with E-state index in [4.69, 9.17) is 0 Å². The highest BCUT2D eigenvalue weighted by atomic mass is 16.1. The number of aldehydes is 1. The van der Waals surface area contributed by atoms with Gasteiger partial charge in [0.2, 0.25) is 0 Å². The first-order valence-corrected chi connectivity index (χ1v) is 11.4. The third-order valence-corrected chi connectivity index (χ3v) is 6.75. The van der Waals surface area contributed by atoms with Crippen LogP contribution in [0.3, 0.4) is 0 Å². The fourth-order valence-electron chi connectivity index (χ4n) is 5.37. The predicted octanol–water partition coefficient (Wildman–Crippen LogP) is 7.69. The summed E-state index contributed by atoms with van der Waals surface area (Å²) >= 11 is 0. The minimum Gasteiger partial charge on any atom is -0.309 e. The number of rotatable bonds is 3. The van der Waals surface area contributed by atoms with Gasteiger partial charge in [-0.1, -0.05) is 72.8 Å². The van der Waals surface area contributed by atoms with Crippen LogP contribution in [0.25, 0.3) is 55.0 Å². The number of nitrogens with zero attached hydrogens (tertiary/aromatic N) is 2. The van der Waals surface area contributed by atoms with Gasteiger partial charge >= 0.3 is 0 Å². The molecule has 2 heterocycles. The quantitative estimate of drug-likeness (QED) is 0.261. The molecule has 0 aliphatic rings. The topological polar surface area (TPSA) is 26.9 Å². The average molecular weight is 437 g/mol. The monoisotopic (exact) mass is 436 g/mol. The zero-order valence-corrected chi connectivity index (χ0v) is 18.3. The molecule has 0 fully saturated rings. The van der Waals surface area contributed by atoms with Gasteiger partial charge in [0.1, 0.15) is 6.29 Å². The van der Waals surface area contributed by atoms with Crippen molar-refractivity contribution < 1.29 is 4.79 Å². The molecule has 0 bridgehead atoms. The van der Waals surface area contributed by atoms with Gasteiger partial charge in [-0.15, -0.1) is 0 Å². The third kappa shape index (κ3) is 2.55. The van der Waals surface area contributed by atoms with Crippen LogP contribution in [0.15, 0.2) is 115 Å². The van der Waals surface area contributed by atoms with Gasteiger partial charge in [-0.2, -0.15) is 0 Å². The largest absolute Gasteiger partial charge is 0.309 e. The summed E-state index contributed by atoms with van der Waals surface area (Å²) in [6.07, 6.45) is 0.906. The average Bonchev–Trinajstić information content (AvgIpc) is 3.42. The fourth-order valence-corrected chi connectivity index (χ4v) is 5.37. The van der Waals surface area contributed by atoms with Crippen molar-refractivity contribution in [2.24, 2.45) is 0 Å². The number of para-hydroxylation sites is 3. The molecule has 0 spiro atoms.